The molecule has 1 aromatic heterocycles. The standard InChI is InChI=1S/C48H46N2O2/c1-5-13-35(14-6-1)49(36-15-7-2-8-16-36)39-23-27-43-41-25-21-33(29-45(41)51-47(43)31-39)34-22-26-42-44-28-24-40(32-48(44)52-46(42)30-34)50(37-17-9-3-10-18-37)38-19-11-4-12-20-38/h1,3,5-7,9,11,13-17,19-25,27-28,30,33,39-40,42H,2,4,8,10,12,18,26,29,31-32H2. The van der Waals surface area contributed by atoms with Gasteiger partial charge in [-0.05, 0) is 87.0 Å². The molecule has 0 saturated carbocycles. The third-order valence-corrected chi connectivity index (χ3v) is 11.9. The maximum absolute atomic E-state index is 6.78. The molecular weight excluding hydrogens is 637 g/mol. The fourth-order valence-electron chi connectivity index (χ4n) is 9.36. The molecule has 4 heteroatoms. The van der Waals surface area contributed by atoms with Gasteiger partial charge in [0.25, 0.3) is 0 Å². The Bertz CT molecular complexity index is 2150. The zero-order valence-electron chi connectivity index (χ0n) is 29.8. The summed E-state index contributed by atoms with van der Waals surface area (Å²) < 4.78 is 13.5. The third-order valence-electron chi connectivity index (χ3n) is 11.9. The molecule has 4 unspecified atom stereocenters. The lowest BCUT2D eigenvalue weighted by Crippen LogP contribution is -2.35. The van der Waals surface area contributed by atoms with E-state index in [2.05, 4.69) is 143 Å². The Kier molecular flexibility index (Phi) is 8.12. The van der Waals surface area contributed by atoms with Crippen LogP contribution < -0.4 is 4.90 Å². The second-order valence-electron chi connectivity index (χ2n) is 15.1. The molecule has 7 aliphatic carbocycles. The smallest absolute Gasteiger partial charge is 0.114 e. The number of hydrogen-bond acceptors (Lipinski definition) is 4. The normalized spacial score (nSPS) is 26.7. The van der Waals surface area contributed by atoms with Gasteiger partial charge in [0.15, 0.2) is 0 Å². The van der Waals surface area contributed by atoms with Crippen LogP contribution in [0.3, 0.4) is 0 Å². The molecular formula is C48H46N2O2. The molecule has 0 spiro atoms. The topological polar surface area (TPSA) is 28.9 Å². The average molecular weight is 683 g/mol. The SMILES string of the molecule is C1=CCCC(N(C2=CCCC=C2)C2C=CC3=C(C2)OC2=CC(C4C=Cc5c(oc6c5C=CC(N(C5=CCCC=C5)c5ccccc5)C6)C4)=CCC23)=C1. The molecule has 260 valence electrons. The van der Waals surface area contributed by atoms with Crippen molar-refractivity contribution in [3.8, 4) is 0 Å². The fourth-order valence-corrected chi connectivity index (χ4v) is 9.36. The van der Waals surface area contributed by atoms with Crippen molar-refractivity contribution in [2.75, 3.05) is 4.90 Å². The van der Waals surface area contributed by atoms with Crippen LogP contribution in [0.1, 0.15) is 74.0 Å². The van der Waals surface area contributed by atoms with Crippen molar-refractivity contribution in [1.82, 2.24) is 4.90 Å². The summed E-state index contributed by atoms with van der Waals surface area (Å²) in [5.74, 6) is 5.08. The summed E-state index contributed by atoms with van der Waals surface area (Å²) in [4.78, 5) is 5.04. The van der Waals surface area contributed by atoms with Crippen LogP contribution in [-0.4, -0.2) is 17.0 Å². The second kappa shape index (κ2) is 13.4. The zero-order valence-corrected chi connectivity index (χ0v) is 29.8. The van der Waals surface area contributed by atoms with Crippen molar-refractivity contribution in [2.24, 2.45) is 11.8 Å². The van der Waals surface area contributed by atoms with Gasteiger partial charge in [0.1, 0.15) is 23.0 Å². The van der Waals surface area contributed by atoms with Gasteiger partial charge < -0.3 is 19.0 Å². The highest BCUT2D eigenvalue weighted by Gasteiger charge is 2.38. The molecule has 0 radical (unpaired) electrons. The molecule has 1 aromatic carbocycles. The number of fused-ring (bicyclic) bond motifs is 5. The van der Waals surface area contributed by atoms with Crippen LogP contribution in [0.15, 0.2) is 166 Å². The van der Waals surface area contributed by atoms with Crippen molar-refractivity contribution in [3.05, 3.63) is 184 Å². The van der Waals surface area contributed by atoms with Crippen molar-refractivity contribution in [2.45, 2.75) is 76.3 Å². The Morgan fingerprint density at radius 2 is 1.40 bits per heavy atom. The molecule has 0 amide bonds. The number of para-hydroxylation sites is 1. The van der Waals surface area contributed by atoms with Crippen LogP contribution in [-0.2, 0) is 17.6 Å². The maximum atomic E-state index is 6.78. The molecule has 52 heavy (non-hydrogen) atoms. The number of furan rings is 1. The summed E-state index contributed by atoms with van der Waals surface area (Å²) >= 11 is 0. The quantitative estimate of drug-likeness (QED) is 0.291. The summed E-state index contributed by atoms with van der Waals surface area (Å²) in [6, 6.07) is 11.2. The van der Waals surface area contributed by atoms with Crippen molar-refractivity contribution in [1.29, 1.82) is 0 Å². The zero-order chi connectivity index (χ0) is 34.4. The molecule has 4 nitrogen and oxygen atoms in total. The molecule has 4 atom stereocenters. The molecule has 1 aliphatic heterocycles. The first-order valence-corrected chi connectivity index (χ1v) is 19.5. The molecule has 0 fully saturated rings. The number of benzene rings is 1. The van der Waals surface area contributed by atoms with Crippen LogP contribution in [0.25, 0.3) is 12.2 Å². The highest BCUT2D eigenvalue weighted by molar-refractivity contribution is 5.73. The van der Waals surface area contributed by atoms with E-state index in [9.17, 15) is 0 Å². The summed E-state index contributed by atoms with van der Waals surface area (Å²) in [5, 5.41) is 0. The number of anilines is 1. The Balaban J connectivity index is 0.844. The van der Waals surface area contributed by atoms with E-state index in [1.807, 2.05) is 0 Å². The Morgan fingerprint density at radius 1 is 0.654 bits per heavy atom. The molecule has 8 aliphatic rings. The molecule has 0 N–H and O–H groups in total. The van der Waals surface area contributed by atoms with E-state index in [1.165, 1.54) is 45.1 Å². The molecule has 2 heterocycles. The van der Waals surface area contributed by atoms with Crippen LogP contribution in [0, 0.1) is 11.8 Å². The van der Waals surface area contributed by atoms with Crippen LogP contribution in [0.5, 0.6) is 0 Å². The van der Waals surface area contributed by atoms with Gasteiger partial charge in [-0.3, -0.25) is 0 Å². The number of nitrogens with zero attached hydrogens (tertiary/aromatic N) is 2. The first-order chi connectivity index (χ1) is 25.8. The average Bonchev–Trinajstić information content (AvgIpc) is 3.76. The predicted octanol–water partition coefficient (Wildman–Crippen LogP) is 11.4. The Morgan fingerprint density at radius 3 is 2.17 bits per heavy atom. The number of ether oxygens (including phenoxy) is 1. The van der Waals surface area contributed by atoms with Crippen LogP contribution in [0.4, 0.5) is 5.69 Å². The number of allylic oxidation sites excluding steroid dienone is 16. The lowest BCUT2D eigenvalue weighted by molar-refractivity contribution is 0.259. The Labute approximate surface area is 307 Å². The van der Waals surface area contributed by atoms with Gasteiger partial charge in [-0.25, -0.2) is 0 Å². The molecule has 10 rings (SSSR count). The van der Waals surface area contributed by atoms with Gasteiger partial charge in [0, 0.05) is 70.6 Å². The van der Waals surface area contributed by atoms with E-state index in [-0.39, 0.29) is 18.0 Å². The summed E-state index contributed by atoms with van der Waals surface area (Å²) in [7, 11) is 0. The van der Waals surface area contributed by atoms with Gasteiger partial charge in [0.05, 0.1) is 12.1 Å². The van der Waals surface area contributed by atoms with Gasteiger partial charge in [-0.1, -0.05) is 97.2 Å². The van der Waals surface area contributed by atoms with Crippen LogP contribution in [0.2, 0.25) is 0 Å². The number of rotatable bonds is 7. The minimum absolute atomic E-state index is 0.199. The second-order valence-corrected chi connectivity index (χ2v) is 15.1. The van der Waals surface area contributed by atoms with Crippen molar-refractivity contribution in [3.63, 3.8) is 0 Å². The summed E-state index contributed by atoms with van der Waals surface area (Å²) in [6.07, 6.45) is 50.0. The summed E-state index contributed by atoms with van der Waals surface area (Å²) in [6.45, 7) is 0. The minimum atomic E-state index is 0.199. The monoisotopic (exact) mass is 682 g/mol. The van der Waals surface area contributed by atoms with E-state index in [0.29, 0.717) is 5.92 Å². The fraction of sp³-hybridized carbons (Fsp3) is 0.292. The Hall–Kier alpha value is -5.22. The van der Waals surface area contributed by atoms with E-state index in [4.69, 9.17) is 9.15 Å². The summed E-state index contributed by atoms with van der Waals surface area (Å²) in [5.41, 5.74) is 10.4. The van der Waals surface area contributed by atoms with Crippen molar-refractivity contribution < 1.29 is 9.15 Å². The van der Waals surface area contributed by atoms with E-state index in [1.54, 1.807) is 0 Å². The maximum Gasteiger partial charge on any atom is 0.114 e. The van der Waals surface area contributed by atoms with Crippen molar-refractivity contribution >= 4 is 17.8 Å². The first-order valence-electron chi connectivity index (χ1n) is 19.5. The van der Waals surface area contributed by atoms with E-state index in [0.717, 1.165) is 87.2 Å². The first kappa shape index (κ1) is 31.5. The van der Waals surface area contributed by atoms with Gasteiger partial charge in [0.2, 0.25) is 0 Å². The van der Waals surface area contributed by atoms with E-state index >= 15 is 0 Å². The highest BCUT2D eigenvalue weighted by atomic mass is 16.5. The van der Waals surface area contributed by atoms with E-state index < -0.39 is 0 Å². The predicted molar refractivity (Wildman–Crippen MR) is 212 cm³/mol. The number of hydrogen-bond donors (Lipinski definition) is 0. The largest absolute Gasteiger partial charge is 0.465 e. The van der Waals surface area contributed by atoms with Gasteiger partial charge in [-0.15, -0.1) is 0 Å². The van der Waals surface area contributed by atoms with Gasteiger partial charge in [-0.2, -0.15) is 0 Å². The van der Waals surface area contributed by atoms with Gasteiger partial charge >= 0.3 is 0 Å². The highest BCUT2D eigenvalue weighted by Crippen LogP contribution is 2.47. The lowest BCUT2D eigenvalue weighted by atomic mass is 9.80. The minimum Gasteiger partial charge on any atom is -0.465 e. The molecule has 0 saturated heterocycles. The van der Waals surface area contributed by atoms with Crippen LogP contribution >= 0.6 is 0 Å². The molecule has 2 aromatic rings. The lowest BCUT2D eigenvalue weighted by Gasteiger charge is -2.37. The third kappa shape index (κ3) is 5.69. The molecule has 0 bridgehead atoms.